The second kappa shape index (κ2) is 7.56. The maximum absolute atomic E-state index is 12.0. The van der Waals surface area contributed by atoms with Crippen molar-refractivity contribution in [1.82, 2.24) is 19.9 Å². The van der Waals surface area contributed by atoms with Gasteiger partial charge < -0.3 is 9.97 Å². The van der Waals surface area contributed by atoms with Crippen LogP contribution in [0.1, 0.15) is 0 Å². The minimum Gasteiger partial charge on any atom is -0.311 e. The molecule has 0 saturated heterocycles. The normalized spacial score (nSPS) is 8.95. The van der Waals surface area contributed by atoms with Gasteiger partial charge in [0.15, 0.2) is 0 Å². The van der Waals surface area contributed by atoms with Crippen LogP contribution >= 0.6 is 0 Å². The smallest absolute Gasteiger partial charge is 0.311 e. The van der Waals surface area contributed by atoms with Gasteiger partial charge in [-0.05, 0) is 0 Å². The summed E-state index contributed by atoms with van der Waals surface area (Å²) in [5.41, 5.74) is -3.42. The molecular formula is C8H6F2HgN4O4. The van der Waals surface area contributed by atoms with E-state index in [1.807, 2.05) is 9.97 Å². The molecule has 0 bridgehead atoms. The third kappa shape index (κ3) is 5.55. The zero-order valence-corrected chi connectivity index (χ0v) is 14.7. The standard InChI is InChI=1S/2C4H3FN2O2.Hg/c2*5-2-1-6-4(9)7-3(2)8;/h2*1H,(H2,6,7,8,9);. The van der Waals surface area contributed by atoms with Gasteiger partial charge in [-0.15, -0.1) is 0 Å². The molecule has 0 aliphatic rings. The molecule has 2 aromatic heterocycles. The molecule has 2 aromatic rings. The van der Waals surface area contributed by atoms with Gasteiger partial charge >= 0.3 is 11.4 Å². The van der Waals surface area contributed by atoms with E-state index in [-0.39, 0.29) is 27.7 Å². The number of aromatic amines is 4. The zero-order chi connectivity index (χ0) is 13.7. The molecule has 19 heavy (non-hydrogen) atoms. The summed E-state index contributed by atoms with van der Waals surface area (Å²) in [7, 11) is 0. The summed E-state index contributed by atoms with van der Waals surface area (Å²) in [5.74, 6) is -1.98. The molecule has 0 aliphatic heterocycles. The summed E-state index contributed by atoms with van der Waals surface area (Å²) >= 11 is 0. The Morgan fingerprint density at radius 3 is 1.26 bits per heavy atom. The summed E-state index contributed by atoms with van der Waals surface area (Å²) in [6.45, 7) is 0. The molecule has 8 nitrogen and oxygen atoms in total. The van der Waals surface area contributed by atoms with E-state index in [2.05, 4.69) is 0 Å². The van der Waals surface area contributed by atoms with Crippen LogP contribution in [0.15, 0.2) is 31.6 Å². The predicted molar refractivity (Wildman–Crippen MR) is 55.3 cm³/mol. The van der Waals surface area contributed by atoms with Crippen molar-refractivity contribution >= 4 is 0 Å². The Morgan fingerprint density at radius 1 is 0.737 bits per heavy atom. The van der Waals surface area contributed by atoms with E-state index in [1.54, 1.807) is 9.97 Å². The maximum Gasteiger partial charge on any atom is 0.325 e. The molecular weight excluding hydrogens is 455 g/mol. The fourth-order valence-corrected chi connectivity index (χ4v) is 0.787. The fourth-order valence-electron chi connectivity index (χ4n) is 0.787. The molecule has 0 aliphatic carbocycles. The third-order valence-electron chi connectivity index (χ3n) is 1.55. The summed E-state index contributed by atoms with van der Waals surface area (Å²) in [4.78, 5) is 48.0. The van der Waals surface area contributed by atoms with Gasteiger partial charge in [-0.3, -0.25) is 19.6 Å². The van der Waals surface area contributed by atoms with Gasteiger partial charge in [0.05, 0.1) is 0 Å². The van der Waals surface area contributed by atoms with Crippen molar-refractivity contribution in [1.29, 1.82) is 0 Å². The van der Waals surface area contributed by atoms with Crippen molar-refractivity contribution in [3.8, 4) is 0 Å². The van der Waals surface area contributed by atoms with E-state index in [1.165, 1.54) is 0 Å². The fraction of sp³-hybridized carbons (Fsp3) is 0. The van der Waals surface area contributed by atoms with Gasteiger partial charge in [-0.1, -0.05) is 0 Å². The molecule has 0 aromatic carbocycles. The monoisotopic (exact) mass is 462 g/mol. The maximum atomic E-state index is 12.0. The Bertz CT molecular complexity index is 697. The number of H-pyrrole nitrogens is 4. The number of rotatable bonds is 0. The molecule has 4 N–H and O–H groups in total. The number of hydrogen-bond acceptors (Lipinski definition) is 4. The first-order valence-electron chi connectivity index (χ1n) is 4.35. The van der Waals surface area contributed by atoms with E-state index in [0.29, 0.717) is 12.4 Å². The van der Waals surface area contributed by atoms with Gasteiger partial charge in [0, 0.05) is 40.1 Å². The molecule has 11 heteroatoms. The molecule has 2 rings (SSSR count). The summed E-state index contributed by atoms with van der Waals surface area (Å²) in [6.07, 6.45) is 1.42. The quantitative estimate of drug-likeness (QED) is 0.353. The molecule has 98 valence electrons. The Hall–Kier alpha value is -1.84. The molecule has 0 atom stereocenters. The van der Waals surface area contributed by atoms with Crippen LogP contribution in [0.25, 0.3) is 0 Å². The Labute approximate surface area is 122 Å². The van der Waals surface area contributed by atoms with Crippen LogP contribution in [0, 0.1) is 11.6 Å². The molecule has 0 saturated carbocycles. The van der Waals surface area contributed by atoms with Gasteiger partial charge in [0.25, 0.3) is 11.1 Å². The van der Waals surface area contributed by atoms with Crippen molar-refractivity contribution in [3.05, 3.63) is 65.7 Å². The zero-order valence-electron chi connectivity index (χ0n) is 9.25. The van der Waals surface area contributed by atoms with E-state index in [0.717, 1.165) is 0 Å². The van der Waals surface area contributed by atoms with Gasteiger partial charge in [-0.25, -0.2) is 9.59 Å². The number of nitrogens with one attached hydrogen (secondary N) is 4. The molecule has 0 unspecified atom stereocenters. The second-order valence-electron chi connectivity index (χ2n) is 2.84. The SMILES string of the molecule is O=c1[nH]cc(F)c(=O)[nH]1.O=c1[nH]cc(F)c(=O)[nH]1.[Hg]. The largest absolute Gasteiger partial charge is 0.325 e. The minimum atomic E-state index is -1.00. The minimum absolute atomic E-state index is 0. The Morgan fingerprint density at radius 2 is 1.05 bits per heavy atom. The van der Waals surface area contributed by atoms with Crippen molar-refractivity contribution < 1.29 is 36.4 Å². The second-order valence-corrected chi connectivity index (χ2v) is 2.84. The third-order valence-corrected chi connectivity index (χ3v) is 1.55. The molecule has 0 spiro atoms. The van der Waals surface area contributed by atoms with Crippen molar-refractivity contribution in [2.75, 3.05) is 0 Å². The predicted octanol–water partition coefficient (Wildman–Crippen LogP) is -1.60. The number of aromatic nitrogens is 4. The van der Waals surface area contributed by atoms with Crippen LogP contribution in [0.3, 0.4) is 0 Å². The van der Waals surface area contributed by atoms with E-state index >= 15 is 0 Å². The van der Waals surface area contributed by atoms with Gasteiger partial charge in [-0.2, -0.15) is 8.78 Å². The van der Waals surface area contributed by atoms with Crippen LogP contribution in [-0.2, 0) is 27.7 Å². The average Bonchev–Trinajstić information content (AvgIpc) is 2.30. The van der Waals surface area contributed by atoms with Gasteiger partial charge in [0.1, 0.15) is 0 Å². The van der Waals surface area contributed by atoms with Gasteiger partial charge in [0.2, 0.25) is 11.6 Å². The van der Waals surface area contributed by atoms with E-state index in [4.69, 9.17) is 0 Å². The van der Waals surface area contributed by atoms with Crippen molar-refractivity contribution in [3.63, 3.8) is 0 Å². The van der Waals surface area contributed by atoms with Crippen LogP contribution in [0.2, 0.25) is 0 Å². The van der Waals surface area contributed by atoms with E-state index < -0.39 is 34.1 Å². The first-order chi connectivity index (χ1) is 8.40. The molecule has 0 radical (unpaired) electrons. The summed E-state index contributed by atoms with van der Waals surface area (Å²) in [5, 5.41) is 0. The first-order valence-corrected chi connectivity index (χ1v) is 4.35. The van der Waals surface area contributed by atoms with E-state index in [9.17, 15) is 28.0 Å². The van der Waals surface area contributed by atoms with Crippen LogP contribution in [0.5, 0.6) is 0 Å². The molecule has 2 heterocycles. The summed E-state index contributed by atoms with van der Waals surface area (Å²) in [6, 6.07) is 0. The number of halogens is 2. The number of hydrogen-bond donors (Lipinski definition) is 4. The molecule has 0 fully saturated rings. The topological polar surface area (TPSA) is 131 Å². The first kappa shape index (κ1) is 17.2. The van der Waals surface area contributed by atoms with Crippen LogP contribution < -0.4 is 22.5 Å². The van der Waals surface area contributed by atoms with Crippen molar-refractivity contribution in [2.24, 2.45) is 0 Å². The Kier molecular flexibility index (Phi) is 6.83. The Balaban J connectivity index is 0.000000324. The van der Waals surface area contributed by atoms with Crippen molar-refractivity contribution in [2.45, 2.75) is 0 Å². The summed E-state index contributed by atoms with van der Waals surface area (Å²) < 4.78 is 24.0. The van der Waals surface area contributed by atoms with Crippen LogP contribution in [0.4, 0.5) is 8.78 Å². The average molecular weight is 461 g/mol. The molecule has 0 amide bonds. The van der Waals surface area contributed by atoms with Crippen LogP contribution in [-0.4, -0.2) is 19.9 Å².